The van der Waals surface area contributed by atoms with E-state index in [2.05, 4.69) is 0 Å². The minimum Gasteiger partial charge on any atom is -0.483 e. The SMILES string of the molecule is Cc1ccc(F)c2c1CC([N+](=O)[O-])CO2. The van der Waals surface area contributed by atoms with Crippen molar-refractivity contribution in [2.24, 2.45) is 0 Å². The number of benzene rings is 1. The van der Waals surface area contributed by atoms with E-state index >= 15 is 0 Å². The minimum atomic E-state index is -0.766. The van der Waals surface area contributed by atoms with E-state index in [0.717, 1.165) is 5.56 Å². The molecule has 0 N–H and O–H groups in total. The molecule has 80 valence electrons. The Hall–Kier alpha value is -1.65. The second-order valence-electron chi connectivity index (χ2n) is 3.63. The van der Waals surface area contributed by atoms with Crippen molar-refractivity contribution in [2.75, 3.05) is 6.61 Å². The van der Waals surface area contributed by atoms with Crippen LogP contribution in [0, 0.1) is 22.9 Å². The van der Waals surface area contributed by atoms with Gasteiger partial charge in [0.1, 0.15) is 0 Å². The van der Waals surface area contributed by atoms with Crippen LogP contribution in [0.3, 0.4) is 0 Å². The average Bonchev–Trinajstić information content (AvgIpc) is 2.23. The summed E-state index contributed by atoms with van der Waals surface area (Å²) in [4.78, 5) is 10.2. The van der Waals surface area contributed by atoms with Crippen molar-refractivity contribution in [1.82, 2.24) is 0 Å². The van der Waals surface area contributed by atoms with Gasteiger partial charge in [-0.1, -0.05) is 6.07 Å². The molecule has 0 saturated carbocycles. The summed E-state index contributed by atoms with van der Waals surface area (Å²) in [5.74, 6) is -0.273. The molecule has 0 aromatic heterocycles. The maximum atomic E-state index is 13.3. The van der Waals surface area contributed by atoms with Crippen molar-refractivity contribution in [3.63, 3.8) is 0 Å². The molecule has 5 heteroatoms. The number of hydrogen-bond donors (Lipinski definition) is 0. The van der Waals surface area contributed by atoms with Gasteiger partial charge in [0.25, 0.3) is 6.04 Å². The van der Waals surface area contributed by atoms with Gasteiger partial charge in [-0.25, -0.2) is 4.39 Å². The molecule has 0 saturated heterocycles. The number of halogens is 1. The highest BCUT2D eigenvalue weighted by molar-refractivity contribution is 5.42. The zero-order valence-electron chi connectivity index (χ0n) is 8.20. The Morgan fingerprint density at radius 2 is 2.33 bits per heavy atom. The van der Waals surface area contributed by atoms with Crippen molar-refractivity contribution >= 4 is 0 Å². The highest BCUT2D eigenvalue weighted by Gasteiger charge is 2.30. The van der Waals surface area contributed by atoms with Crippen molar-refractivity contribution in [3.05, 3.63) is 39.2 Å². The molecule has 0 aliphatic carbocycles. The van der Waals surface area contributed by atoms with Crippen molar-refractivity contribution in [1.29, 1.82) is 0 Å². The molecule has 1 aromatic carbocycles. The van der Waals surface area contributed by atoms with Gasteiger partial charge in [0.2, 0.25) is 0 Å². The molecular weight excluding hydrogens is 201 g/mol. The van der Waals surface area contributed by atoms with E-state index in [4.69, 9.17) is 4.74 Å². The summed E-state index contributed by atoms with van der Waals surface area (Å²) in [5.41, 5.74) is 1.45. The third kappa shape index (κ3) is 1.65. The summed E-state index contributed by atoms with van der Waals surface area (Å²) in [6.07, 6.45) is 0.242. The molecular formula is C10H10FNO3. The van der Waals surface area contributed by atoms with Crippen LogP contribution in [-0.2, 0) is 6.42 Å². The summed E-state index contributed by atoms with van der Waals surface area (Å²) < 4.78 is 18.4. The molecule has 0 bridgehead atoms. The summed E-state index contributed by atoms with van der Waals surface area (Å²) in [7, 11) is 0. The molecule has 1 atom stereocenters. The number of aryl methyl sites for hydroxylation is 1. The van der Waals surface area contributed by atoms with Crippen LogP contribution in [-0.4, -0.2) is 17.6 Å². The van der Waals surface area contributed by atoms with Gasteiger partial charge in [0.15, 0.2) is 18.2 Å². The fourth-order valence-corrected chi connectivity index (χ4v) is 1.72. The van der Waals surface area contributed by atoms with Gasteiger partial charge < -0.3 is 4.74 Å². The van der Waals surface area contributed by atoms with E-state index in [1.165, 1.54) is 6.07 Å². The van der Waals surface area contributed by atoms with Gasteiger partial charge in [0.05, 0.1) is 0 Å². The average molecular weight is 211 g/mol. The summed E-state index contributed by atoms with van der Waals surface area (Å²) in [6, 6.07) is 2.17. The maximum Gasteiger partial charge on any atom is 0.250 e. The van der Waals surface area contributed by atoms with Gasteiger partial charge in [-0.15, -0.1) is 0 Å². The molecule has 1 aliphatic rings. The number of ether oxygens (including phenoxy) is 1. The Bertz CT molecular complexity index is 419. The molecule has 1 aromatic rings. The van der Waals surface area contributed by atoms with E-state index < -0.39 is 11.9 Å². The fourth-order valence-electron chi connectivity index (χ4n) is 1.72. The van der Waals surface area contributed by atoms with Crippen LogP contribution in [0.1, 0.15) is 11.1 Å². The predicted molar refractivity (Wildman–Crippen MR) is 51.1 cm³/mol. The number of nitrogens with zero attached hydrogens (tertiary/aromatic N) is 1. The van der Waals surface area contributed by atoms with Gasteiger partial charge in [-0.2, -0.15) is 0 Å². The number of rotatable bonds is 1. The standard InChI is InChI=1S/C10H10FNO3/c1-6-2-3-9(11)10-8(6)4-7(5-15-10)12(13)14/h2-3,7H,4-5H2,1H3. The molecule has 1 heterocycles. The van der Waals surface area contributed by atoms with Crippen LogP contribution < -0.4 is 4.74 Å². The van der Waals surface area contributed by atoms with E-state index in [0.29, 0.717) is 5.56 Å². The van der Waals surface area contributed by atoms with E-state index in [-0.39, 0.29) is 23.7 Å². The van der Waals surface area contributed by atoms with Crippen LogP contribution in [0.4, 0.5) is 4.39 Å². The largest absolute Gasteiger partial charge is 0.483 e. The number of nitro groups is 1. The van der Waals surface area contributed by atoms with Gasteiger partial charge in [-0.05, 0) is 18.6 Å². The van der Waals surface area contributed by atoms with Gasteiger partial charge >= 0.3 is 0 Å². The van der Waals surface area contributed by atoms with Crippen molar-refractivity contribution < 1.29 is 14.1 Å². The third-order valence-corrected chi connectivity index (χ3v) is 2.60. The molecule has 0 spiro atoms. The summed E-state index contributed by atoms with van der Waals surface area (Å²) in [6.45, 7) is 1.74. The lowest BCUT2D eigenvalue weighted by Gasteiger charge is -2.21. The molecule has 0 fully saturated rings. The molecule has 15 heavy (non-hydrogen) atoms. The first-order valence-corrected chi connectivity index (χ1v) is 4.64. The quantitative estimate of drug-likeness (QED) is 0.525. The molecule has 1 aliphatic heterocycles. The second kappa shape index (κ2) is 3.49. The zero-order valence-corrected chi connectivity index (χ0v) is 8.20. The van der Waals surface area contributed by atoms with Gasteiger partial charge in [0, 0.05) is 16.9 Å². The van der Waals surface area contributed by atoms with Crippen LogP contribution >= 0.6 is 0 Å². The van der Waals surface area contributed by atoms with Crippen LogP contribution in [0.15, 0.2) is 12.1 Å². The van der Waals surface area contributed by atoms with Crippen LogP contribution in [0.2, 0.25) is 0 Å². The molecule has 1 unspecified atom stereocenters. The maximum absolute atomic E-state index is 13.3. The monoisotopic (exact) mass is 211 g/mol. The fraction of sp³-hybridized carbons (Fsp3) is 0.400. The first kappa shape index (κ1) is 9.89. The smallest absolute Gasteiger partial charge is 0.250 e. The summed E-state index contributed by atoms with van der Waals surface area (Å²) in [5, 5.41) is 10.6. The summed E-state index contributed by atoms with van der Waals surface area (Å²) >= 11 is 0. The first-order valence-electron chi connectivity index (χ1n) is 4.64. The van der Waals surface area contributed by atoms with E-state index in [1.54, 1.807) is 13.0 Å². The molecule has 2 rings (SSSR count). The van der Waals surface area contributed by atoms with Crippen LogP contribution in [0.5, 0.6) is 5.75 Å². The Kier molecular flexibility index (Phi) is 2.30. The zero-order chi connectivity index (χ0) is 11.0. The Morgan fingerprint density at radius 1 is 1.60 bits per heavy atom. The Labute approximate surface area is 85.8 Å². The second-order valence-corrected chi connectivity index (χ2v) is 3.63. The highest BCUT2D eigenvalue weighted by Crippen LogP contribution is 2.31. The van der Waals surface area contributed by atoms with Crippen molar-refractivity contribution in [2.45, 2.75) is 19.4 Å². The van der Waals surface area contributed by atoms with E-state index in [1.807, 2.05) is 0 Å². The van der Waals surface area contributed by atoms with E-state index in [9.17, 15) is 14.5 Å². The predicted octanol–water partition coefficient (Wildman–Crippen LogP) is 1.71. The number of hydrogen-bond acceptors (Lipinski definition) is 3. The Morgan fingerprint density at radius 3 is 3.00 bits per heavy atom. The highest BCUT2D eigenvalue weighted by atomic mass is 19.1. The van der Waals surface area contributed by atoms with Crippen LogP contribution in [0.25, 0.3) is 0 Å². The third-order valence-electron chi connectivity index (χ3n) is 2.60. The minimum absolute atomic E-state index is 0.0552. The molecule has 0 amide bonds. The molecule has 4 nitrogen and oxygen atoms in total. The van der Waals surface area contributed by atoms with Gasteiger partial charge in [-0.3, -0.25) is 10.1 Å². The molecule has 0 radical (unpaired) electrons. The lowest BCUT2D eigenvalue weighted by Crippen LogP contribution is -2.33. The normalized spacial score (nSPS) is 19.2. The number of fused-ring (bicyclic) bond motifs is 1. The van der Waals surface area contributed by atoms with Crippen molar-refractivity contribution in [3.8, 4) is 5.75 Å². The first-order chi connectivity index (χ1) is 7.09. The topological polar surface area (TPSA) is 52.4 Å². The lowest BCUT2D eigenvalue weighted by atomic mass is 9.98. The Balaban J connectivity index is 2.41. The lowest BCUT2D eigenvalue weighted by molar-refractivity contribution is -0.525.